The lowest BCUT2D eigenvalue weighted by atomic mass is 9.82. The molecule has 1 fully saturated rings. The van der Waals surface area contributed by atoms with E-state index in [9.17, 15) is 8.42 Å². The lowest BCUT2D eigenvalue weighted by Gasteiger charge is -2.44. The van der Waals surface area contributed by atoms with Crippen LogP contribution >= 0.6 is 0 Å². The van der Waals surface area contributed by atoms with Crippen LogP contribution in [0.15, 0.2) is 36.5 Å². The van der Waals surface area contributed by atoms with Crippen molar-refractivity contribution in [2.75, 3.05) is 31.9 Å². The Labute approximate surface area is 201 Å². The number of benzene rings is 1. The van der Waals surface area contributed by atoms with E-state index >= 15 is 0 Å². The Kier molecular flexibility index (Phi) is 4.89. The Morgan fingerprint density at radius 3 is 2.81 bits per heavy atom. The predicted molar refractivity (Wildman–Crippen MR) is 127 cm³/mol. The summed E-state index contributed by atoms with van der Waals surface area (Å²) in [4.78, 5) is 5.73. The maximum absolute atomic E-state index is 12.1. The molecule has 7 heteroatoms. The molecule has 4 rings (SSSR count). The summed E-state index contributed by atoms with van der Waals surface area (Å²) in [5, 5.41) is 8.87. The number of aryl methyl sites for hydroxylation is 1. The molecule has 2 aliphatic heterocycles. The van der Waals surface area contributed by atoms with Crippen LogP contribution in [0.2, 0.25) is 0 Å². The van der Waals surface area contributed by atoms with E-state index in [1.54, 1.807) is 18.3 Å². The van der Waals surface area contributed by atoms with Crippen molar-refractivity contribution in [2.45, 2.75) is 56.7 Å². The number of aliphatic hydroxyl groups excluding tert-OH is 1. The van der Waals surface area contributed by atoms with Gasteiger partial charge in [-0.1, -0.05) is 12.9 Å². The molecule has 1 aromatic carbocycles. The van der Waals surface area contributed by atoms with Crippen LogP contribution in [-0.2, 0) is 22.0 Å². The SMILES string of the molecule is [2H]C([2H])([2H])C([2H])([2H])C([2H])([2H])N1CCC2(CCc3cc(-c4ccc(CS(=O)(=O)CCCO)cn4)ccc3O2)CC1. The molecule has 6 nitrogen and oxygen atoms in total. The highest BCUT2D eigenvalue weighted by Crippen LogP contribution is 2.40. The number of fused-ring (bicyclic) bond motifs is 1. The van der Waals surface area contributed by atoms with Gasteiger partial charge in [-0.05, 0) is 80.4 Å². The Balaban J connectivity index is 1.41. The number of rotatable bonds is 8. The number of ether oxygens (including phenoxy) is 1. The van der Waals surface area contributed by atoms with Crippen molar-refractivity contribution in [3.63, 3.8) is 0 Å². The highest BCUT2D eigenvalue weighted by Gasteiger charge is 2.39. The van der Waals surface area contributed by atoms with Gasteiger partial charge in [-0.2, -0.15) is 0 Å². The average Bonchev–Trinajstić information content (AvgIpc) is 2.87. The Hall–Kier alpha value is -1.96. The van der Waals surface area contributed by atoms with Crippen molar-refractivity contribution in [3.05, 3.63) is 47.7 Å². The second-order valence-corrected chi connectivity index (χ2v) is 10.7. The van der Waals surface area contributed by atoms with Crippen LogP contribution in [0.5, 0.6) is 5.75 Å². The van der Waals surface area contributed by atoms with Crippen LogP contribution in [0.3, 0.4) is 0 Å². The Morgan fingerprint density at radius 2 is 2.09 bits per heavy atom. The highest BCUT2D eigenvalue weighted by atomic mass is 32.2. The van der Waals surface area contributed by atoms with Gasteiger partial charge in [0.15, 0.2) is 9.84 Å². The summed E-state index contributed by atoms with van der Waals surface area (Å²) in [6.45, 7) is -5.53. The summed E-state index contributed by atoms with van der Waals surface area (Å²) in [5.74, 6) is 0.534. The minimum absolute atomic E-state index is 0.0693. The molecule has 1 saturated heterocycles. The second-order valence-electron chi connectivity index (χ2n) is 8.55. The summed E-state index contributed by atoms with van der Waals surface area (Å²) in [5.41, 5.74) is 2.65. The monoisotopic (exact) mass is 465 g/mol. The normalized spacial score (nSPS) is 22.8. The van der Waals surface area contributed by atoms with Gasteiger partial charge >= 0.3 is 0 Å². The smallest absolute Gasteiger partial charge is 0.154 e. The largest absolute Gasteiger partial charge is 0.487 e. The molecule has 32 heavy (non-hydrogen) atoms. The zero-order valence-electron chi connectivity index (χ0n) is 25.0. The molecule has 3 heterocycles. The van der Waals surface area contributed by atoms with E-state index in [0.717, 1.165) is 23.3 Å². The molecule has 2 aliphatic rings. The first-order valence-corrected chi connectivity index (χ1v) is 12.7. The molecule has 174 valence electrons. The summed E-state index contributed by atoms with van der Waals surface area (Å²) >= 11 is 0. The van der Waals surface area contributed by atoms with E-state index in [2.05, 4.69) is 4.98 Å². The fraction of sp³-hybridized carbons (Fsp3) is 0.560. The van der Waals surface area contributed by atoms with Crippen LogP contribution in [-0.4, -0.2) is 61.0 Å². The van der Waals surface area contributed by atoms with Crippen LogP contribution in [0.25, 0.3) is 11.3 Å². The van der Waals surface area contributed by atoms with Crippen LogP contribution in [0.1, 0.15) is 59.6 Å². The second kappa shape index (κ2) is 9.89. The molecule has 0 atom stereocenters. The summed E-state index contributed by atoms with van der Waals surface area (Å²) < 4.78 is 85.4. The third-order valence-electron chi connectivity index (χ3n) is 6.25. The van der Waals surface area contributed by atoms with Crippen molar-refractivity contribution in [1.82, 2.24) is 9.88 Å². The van der Waals surface area contributed by atoms with Crippen LogP contribution in [0, 0.1) is 0 Å². The number of aromatic nitrogens is 1. The van der Waals surface area contributed by atoms with Crippen molar-refractivity contribution in [1.29, 1.82) is 0 Å². The van der Waals surface area contributed by atoms with E-state index in [1.165, 1.54) is 4.90 Å². The number of hydrogen-bond donors (Lipinski definition) is 1. The number of nitrogens with zero attached hydrogens (tertiary/aromatic N) is 2. The highest BCUT2D eigenvalue weighted by molar-refractivity contribution is 7.90. The first-order valence-electron chi connectivity index (χ1n) is 14.4. The van der Waals surface area contributed by atoms with Crippen molar-refractivity contribution >= 4 is 9.84 Å². The van der Waals surface area contributed by atoms with E-state index in [-0.39, 0.29) is 37.6 Å². The van der Waals surface area contributed by atoms with E-state index in [0.29, 0.717) is 30.5 Å². The lowest BCUT2D eigenvalue weighted by Crippen LogP contribution is -2.49. The fourth-order valence-electron chi connectivity index (χ4n) is 4.43. The van der Waals surface area contributed by atoms with Crippen LogP contribution in [0.4, 0.5) is 0 Å². The Morgan fingerprint density at radius 1 is 1.25 bits per heavy atom. The minimum Gasteiger partial charge on any atom is -0.487 e. The molecule has 1 spiro atoms. The maximum atomic E-state index is 12.1. The zero-order chi connectivity index (χ0) is 28.7. The molecule has 0 unspecified atom stereocenters. The van der Waals surface area contributed by atoms with Crippen molar-refractivity contribution in [3.8, 4) is 17.0 Å². The van der Waals surface area contributed by atoms with Gasteiger partial charge in [-0.25, -0.2) is 8.42 Å². The van der Waals surface area contributed by atoms with Gasteiger partial charge in [0, 0.05) is 41.1 Å². The predicted octanol–water partition coefficient (Wildman–Crippen LogP) is 3.62. The third-order valence-corrected chi connectivity index (χ3v) is 7.93. The number of likely N-dealkylation sites (tertiary alicyclic amines) is 1. The molecule has 0 aliphatic carbocycles. The van der Waals surface area contributed by atoms with Gasteiger partial charge < -0.3 is 14.7 Å². The number of aliphatic hydroxyl groups is 1. The first-order chi connectivity index (χ1) is 18.1. The zero-order valence-corrected chi connectivity index (χ0v) is 18.8. The van der Waals surface area contributed by atoms with Crippen molar-refractivity contribution in [2.24, 2.45) is 0 Å². The standard InChI is InChI=1S/C25H34N2O4S/c1-2-12-27-13-10-25(11-14-27)9-8-22-17-21(5-7-24(22)31-25)23-6-4-20(18-26-23)19-32(29,30)16-3-15-28/h4-7,17-18,28H,2-3,8-16,19H2,1H3/i1D3,2D2,12D2. The Bertz CT molecular complexity index is 1280. The van der Waals surface area contributed by atoms with Crippen molar-refractivity contribution < 1.29 is 27.9 Å². The van der Waals surface area contributed by atoms with Gasteiger partial charge in [-0.3, -0.25) is 4.98 Å². The van der Waals surface area contributed by atoms with Gasteiger partial charge in [0.25, 0.3) is 0 Å². The molecule has 1 aromatic heterocycles. The minimum atomic E-state index is -3.31. The van der Waals surface area contributed by atoms with E-state index in [1.807, 2.05) is 18.2 Å². The van der Waals surface area contributed by atoms with Gasteiger partial charge in [0.2, 0.25) is 0 Å². The molecular formula is C25H34N2O4S. The molecule has 0 amide bonds. The third kappa shape index (κ3) is 5.50. The molecule has 0 radical (unpaired) electrons. The molecule has 2 aromatic rings. The summed E-state index contributed by atoms with van der Waals surface area (Å²) in [7, 11) is -3.31. The topological polar surface area (TPSA) is 79.7 Å². The maximum Gasteiger partial charge on any atom is 0.154 e. The van der Waals surface area contributed by atoms with E-state index in [4.69, 9.17) is 19.4 Å². The number of pyridine rings is 1. The molecular weight excluding hydrogens is 424 g/mol. The molecule has 0 bridgehead atoms. The van der Waals surface area contributed by atoms with Gasteiger partial charge in [-0.15, -0.1) is 0 Å². The molecule has 0 saturated carbocycles. The quantitative estimate of drug-likeness (QED) is 0.642. The molecule has 1 N–H and O–H groups in total. The first kappa shape index (κ1) is 15.8. The number of hydrogen-bond acceptors (Lipinski definition) is 6. The fourth-order valence-corrected chi connectivity index (χ4v) is 5.82. The van der Waals surface area contributed by atoms with Crippen LogP contribution < -0.4 is 4.74 Å². The number of sulfone groups is 1. The van der Waals surface area contributed by atoms with Gasteiger partial charge in [0.05, 0.1) is 17.2 Å². The summed E-state index contributed by atoms with van der Waals surface area (Å²) in [6.07, 6.45) is 1.09. The summed E-state index contributed by atoms with van der Waals surface area (Å²) in [6, 6.07) is 9.28. The van der Waals surface area contributed by atoms with Gasteiger partial charge in [0.1, 0.15) is 11.4 Å². The number of piperidine rings is 1. The van der Waals surface area contributed by atoms with E-state index < -0.39 is 35.2 Å². The average molecular weight is 466 g/mol. The lowest BCUT2D eigenvalue weighted by molar-refractivity contribution is -0.0143.